The first-order valence-electron chi connectivity index (χ1n) is 9.26. The van der Waals surface area contributed by atoms with Crippen molar-refractivity contribution in [2.24, 2.45) is 0 Å². The van der Waals surface area contributed by atoms with E-state index in [9.17, 15) is 0 Å². The van der Waals surface area contributed by atoms with Crippen LogP contribution in [0.1, 0.15) is 32.1 Å². The number of rotatable bonds is 0. The summed E-state index contributed by atoms with van der Waals surface area (Å²) in [5, 5.41) is 0. The van der Waals surface area contributed by atoms with E-state index in [0.717, 1.165) is 35.0 Å². The number of ether oxygens (including phenoxy) is 1. The molecule has 3 aliphatic heterocycles. The zero-order valence-electron chi connectivity index (χ0n) is 17.2. The van der Waals surface area contributed by atoms with Gasteiger partial charge in [0.25, 0.3) is 0 Å². The molecule has 0 amide bonds. The zero-order chi connectivity index (χ0) is 18.2. The van der Waals surface area contributed by atoms with Gasteiger partial charge in [0, 0.05) is 0 Å². The second-order valence-electron chi connectivity index (χ2n) is 7.17. The average Bonchev–Trinajstić information content (AvgIpc) is 3.01. The van der Waals surface area contributed by atoms with Crippen molar-refractivity contribution < 1.29 is 4.74 Å². The predicted octanol–water partition coefficient (Wildman–Crippen LogP) is 3.21. The van der Waals surface area contributed by atoms with Crippen LogP contribution in [-0.4, -0.2) is 85.3 Å². The van der Waals surface area contributed by atoms with E-state index < -0.39 is 0 Å². The smallest absolute Gasteiger partial charge is 0.131 e. The molecule has 0 N–H and O–H groups in total. The molecule has 3 aliphatic rings. The molecule has 0 atom stereocenters. The van der Waals surface area contributed by atoms with Crippen LogP contribution in [0.2, 0.25) is 0 Å². The second-order valence-corrected chi connectivity index (χ2v) is 16.8. The van der Waals surface area contributed by atoms with E-state index >= 15 is 0 Å². The Bertz CT molecular complexity index is 227. The van der Waals surface area contributed by atoms with Gasteiger partial charge in [0.1, 0.15) is 34.5 Å². The van der Waals surface area contributed by atoms with Crippen LogP contribution in [-0.2, 0) is 48.3 Å². The maximum atomic E-state index is 5.15. The third-order valence-corrected chi connectivity index (χ3v) is 9.54. The molecule has 0 aliphatic carbocycles. The first-order chi connectivity index (χ1) is 11.4. The molecule has 3 rings (SSSR count). The summed E-state index contributed by atoms with van der Waals surface area (Å²) in [6.45, 7) is 2.00. The van der Waals surface area contributed by atoms with Crippen LogP contribution in [0.15, 0.2) is 0 Å². The molecule has 0 aromatic rings. The lowest BCUT2D eigenvalue weighted by molar-refractivity contribution is 0.159. The van der Waals surface area contributed by atoms with Gasteiger partial charge in [-0.3, -0.25) is 0 Å². The van der Waals surface area contributed by atoms with E-state index in [1.54, 1.807) is 0 Å². The van der Waals surface area contributed by atoms with Gasteiger partial charge in [-0.1, -0.05) is 0 Å². The van der Waals surface area contributed by atoms with Gasteiger partial charge in [0.05, 0.1) is 50.7 Å². The van der Waals surface area contributed by atoms with Gasteiger partial charge < -0.3 is 4.74 Å². The van der Waals surface area contributed by atoms with Crippen molar-refractivity contribution in [1.29, 1.82) is 0 Å². The highest BCUT2D eigenvalue weighted by molar-refractivity contribution is 7.96. The highest BCUT2D eigenvalue weighted by atomic mass is 32.2. The quantitative estimate of drug-likeness (QED) is 0.551. The summed E-state index contributed by atoms with van der Waals surface area (Å²) in [6, 6.07) is 0. The Kier molecular flexibility index (Phi) is 18.8. The van der Waals surface area contributed by atoms with E-state index in [4.69, 9.17) is 4.74 Å². The molecule has 3 heterocycles. The molecule has 5 heteroatoms. The van der Waals surface area contributed by atoms with Gasteiger partial charge in [-0.15, -0.1) is 0 Å². The van der Waals surface area contributed by atoms with Crippen LogP contribution in [0.5, 0.6) is 0 Å². The van der Waals surface area contributed by atoms with Crippen LogP contribution < -0.4 is 0 Å². The summed E-state index contributed by atoms with van der Waals surface area (Å²) in [5.41, 5.74) is 0. The molecule has 0 aromatic heterocycles. The fourth-order valence-electron chi connectivity index (χ4n) is 2.38. The Morgan fingerprint density at radius 1 is 0.542 bits per heavy atom. The van der Waals surface area contributed by atoms with E-state index in [1.165, 1.54) is 66.6 Å². The monoisotopic (exact) mass is 416 g/mol. The molecule has 3 saturated heterocycles. The van der Waals surface area contributed by atoms with Gasteiger partial charge in [-0.05, 0) is 75.7 Å². The molecule has 3 fully saturated rings. The van der Waals surface area contributed by atoms with E-state index in [1.807, 2.05) is 0 Å². The predicted molar refractivity (Wildman–Crippen MR) is 128 cm³/mol. The summed E-state index contributed by atoms with van der Waals surface area (Å²) < 4.78 is 5.15. The Morgan fingerprint density at radius 3 is 1.04 bits per heavy atom. The summed E-state index contributed by atoms with van der Waals surface area (Å²) in [4.78, 5) is 0. The molecular weight excluding hydrogens is 372 g/mol. The summed E-state index contributed by atoms with van der Waals surface area (Å²) in [7, 11) is 2.96. The van der Waals surface area contributed by atoms with Gasteiger partial charge in [0.2, 0.25) is 0 Å². The Balaban J connectivity index is 0.000000301. The molecule has 0 radical (unpaired) electrons. The van der Waals surface area contributed by atoms with Gasteiger partial charge in [-0.2, -0.15) is 0 Å². The second kappa shape index (κ2) is 17.8. The minimum Gasteiger partial charge on any atom is -0.372 e. The SMILES string of the molecule is C[S+](C)C.C[S+]1CCCC1.C[S+]1CCCCC1.C[S+]1CCOCC1. The Morgan fingerprint density at radius 2 is 0.833 bits per heavy atom. The molecular formula is C19H44OS4+4. The summed E-state index contributed by atoms with van der Waals surface area (Å²) in [6.07, 6.45) is 21.1. The standard InChI is InChI=1S/C6H13S.C5H11OS.C5H11S.C3H9S/c1-7-5-3-2-4-6-7;1-7-4-2-6-3-5-7;1-6-4-2-3-5-6;1-4(2)3/h2-6H2,1H3;2-5H2,1H3;2-5H2,1H3;1-3H3/q4*+1. The van der Waals surface area contributed by atoms with Crippen molar-refractivity contribution in [3.05, 3.63) is 0 Å². The topological polar surface area (TPSA) is 9.23 Å². The minimum atomic E-state index is 0.639. The van der Waals surface area contributed by atoms with Gasteiger partial charge >= 0.3 is 0 Å². The van der Waals surface area contributed by atoms with E-state index in [0.29, 0.717) is 21.8 Å². The van der Waals surface area contributed by atoms with Crippen LogP contribution in [0.3, 0.4) is 0 Å². The fraction of sp³-hybridized carbons (Fsp3) is 1.00. The van der Waals surface area contributed by atoms with Crippen molar-refractivity contribution in [3.8, 4) is 0 Å². The Labute approximate surface area is 165 Å². The van der Waals surface area contributed by atoms with Gasteiger partial charge in [-0.25, -0.2) is 0 Å². The first-order valence-corrected chi connectivity index (χ1v) is 17.6. The minimum absolute atomic E-state index is 0.639. The van der Waals surface area contributed by atoms with Crippen LogP contribution in [0.4, 0.5) is 0 Å². The lowest BCUT2D eigenvalue weighted by Crippen LogP contribution is -2.24. The Hall–Kier alpha value is 1.36. The third-order valence-electron chi connectivity index (χ3n) is 3.87. The van der Waals surface area contributed by atoms with Crippen molar-refractivity contribution >= 4 is 43.6 Å². The molecule has 0 unspecified atom stereocenters. The molecule has 0 spiro atoms. The van der Waals surface area contributed by atoms with Crippen molar-refractivity contribution in [3.63, 3.8) is 0 Å². The summed E-state index contributed by atoms with van der Waals surface area (Å²) >= 11 is 0. The largest absolute Gasteiger partial charge is 0.372 e. The maximum Gasteiger partial charge on any atom is 0.131 e. The lowest BCUT2D eigenvalue weighted by atomic mass is 10.3. The first kappa shape index (κ1) is 25.4. The number of hydrogen-bond acceptors (Lipinski definition) is 1. The highest BCUT2D eigenvalue weighted by Gasteiger charge is 2.16. The highest BCUT2D eigenvalue weighted by Crippen LogP contribution is 2.10. The van der Waals surface area contributed by atoms with E-state index in [-0.39, 0.29) is 0 Å². The van der Waals surface area contributed by atoms with Crippen LogP contribution in [0, 0.1) is 0 Å². The van der Waals surface area contributed by atoms with Crippen molar-refractivity contribution in [1.82, 2.24) is 0 Å². The van der Waals surface area contributed by atoms with E-state index in [2.05, 4.69) is 37.5 Å². The molecule has 0 saturated carbocycles. The van der Waals surface area contributed by atoms with Crippen LogP contribution in [0.25, 0.3) is 0 Å². The molecule has 0 bridgehead atoms. The van der Waals surface area contributed by atoms with Crippen molar-refractivity contribution in [2.75, 3.05) is 85.3 Å². The molecule has 24 heavy (non-hydrogen) atoms. The average molecular weight is 417 g/mol. The lowest BCUT2D eigenvalue weighted by Gasteiger charge is -2.09. The molecule has 1 nitrogen and oxygen atoms in total. The van der Waals surface area contributed by atoms with Crippen molar-refractivity contribution in [2.45, 2.75) is 32.1 Å². The molecule has 146 valence electrons. The maximum absolute atomic E-state index is 5.15. The zero-order valence-corrected chi connectivity index (χ0v) is 20.5. The van der Waals surface area contributed by atoms with Crippen LogP contribution >= 0.6 is 0 Å². The summed E-state index contributed by atoms with van der Waals surface area (Å²) in [5.74, 6) is 8.64. The molecule has 0 aromatic carbocycles. The number of hydrogen-bond donors (Lipinski definition) is 0. The van der Waals surface area contributed by atoms with Gasteiger partial charge in [0.15, 0.2) is 0 Å². The normalized spacial score (nSPS) is 22.6. The third kappa shape index (κ3) is 19.7. The fourth-order valence-corrected chi connectivity index (χ4v) is 6.59.